The highest BCUT2D eigenvalue weighted by Crippen LogP contribution is 2.36. The van der Waals surface area contributed by atoms with E-state index < -0.39 is 0 Å². The molecule has 0 bridgehead atoms. The van der Waals surface area contributed by atoms with Crippen molar-refractivity contribution in [3.8, 4) is 33.2 Å². The number of benzene rings is 1. The number of thiophene rings is 1. The number of H-pyrrole nitrogens is 2. The second kappa shape index (κ2) is 9.34. The van der Waals surface area contributed by atoms with Crippen molar-refractivity contribution in [1.82, 2.24) is 30.1 Å². The number of fused-ring (bicyclic) bond motifs is 2. The number of aromatic nitrogens is 6. The summed E-state index contributed by atoms with van der Waals surface area (Å²) in [6.45, 7) is 6.09. The van der Waals surface area contributed by atoms with Gasteiger partial charge in [-0.15, -0.1) is 11.3 Å². The first-order valence-corrected chi connectivity index (χ1v) is 13.3. The minimum absolute atomic E-state index is 0.0499. The second-order valence-electron chi connectivity index (χ2n) is 10.3. The molecule has 0 aliphatic heterocycles. The Morgan fingerprint density at radius 3 is 2.68 bits per heavy atom. The van der Waals surface area contributed by atoms with Gasteiger partial charge in [-0.25, -0.2) is 9.97 Å². The topological polar surface area (TPSA) is 112 Å². The van der Waals surface area contributed by atoms with Gasteiger partial charge < -0.3 is 10.3 Å². The lowest BCUT2D eigenvalue weighted by Crippen LogP contribution is -2.19. The van der Waals surface area contributed by atoms with Crippen molar-refractivity contribution in [3.63, 3.8) is 0 Å². The van der Waals surface area contributed by atoms with E-state index in [1.807, 2.05) is 69.3 Å². The Balaban J connectivity index is 1.36. The number of nitrogens with zero attached hydrogens (tertiary/aromatic N) is 4. The van der Waals surface area contributed by atoms with E-state index in [0.717, 1.165) is 36.9 Å². The average Bonchev–Trinajstić information content (AvgIpc) is 3.60. The van der Waals surface area contributed by atoms with Crippen LogP contribution in [0.25, 0.3) is 55.3 Å². The fourth-order valence-electron chi connectivity index (χ4n) is 4.36. The number of anilines is 1. The highest BCUT2D eigenvalue weighted by Gasteiger charge is 2.18. The van der Waals surface area contributed by atoms with E-state index >= 15 is 0 Å². The van der Waals surface area contributed by atoms with Crippen LogP contribution in [-0.4, -0.2) is 36.0 Å². The van der Waals surface area contributed by atoms with Crippen LogP contribution in [0.2, 0.25) is 4.34 Å². The zero-order chi connectivity index (χ0) is 26.4. The Bertz CT molecular complexity index is 1810. The SMILES string of the molecule is CC(C)(C)CC(=O)Nc1cncc(-c2ccc3[nH]nc(-c4nc5c(-c6ccc(Cl)s6)cccc5[nH]4)c3n2)c1. The van der Waals surface area contributed by atoms with Gasteiger partial charge in [0.15, 0.2) is 11.5 Å². The van der Waals surface area contributed by atoms with Gasteiger partial charge in [-0.05, 0) is 41.8 Å². The summed E-state index contributed by atoms with van der Waals surface area (Å²) < 4.78 is 0.732. The Morgan fingerprint density at radius 2 is 1.89 bits per heavy atom. The molecule has 1 amide bonds. The van der Waals surface area contributed by atoms with E-state index in [1.54, 1.807) is 12.4 Å². The molecule has 3 N–H and O–H groups in total. The van der Waals surface area contributed by atoms with Crippen LogP contribution in [-0.2, 0) is 4.79 Å². The molecule has 190 valence electrons. The number of nitrogens with one attached hydrogen (secondary N) is 3. The molecule has 6 aromatic rings. The summed E-state index contributed by atoms with van der Waals surface area (Å²) in [6.07, 6.45) is 3.78. The number of amides is 1. The summed E-state index contributed by atoms with van der Waals surface area (Å²) in [5.41, 5.74) is 6.87. The number of carbonyl (C=O) groups is 1. The molecule has 0 saturated carbocycles. The van der Waals surface area contributed by atoms with Gasteiger partial charge in [0, 0.05) is 28.6 Å². The van der Waals surface area contributed by atoms with Gasteiger partial charge in [0.25, 0.3) is 0 Å². The number of rotatable bonds is 5. The monoisotopic (exact) mass is 541 g/mol. The molecule has 1 aromatic carbocycles. The number of pyridine rings is 2. The first-order chi connectivity index (χ1) is 18.2. The molecule has 0 atom stereocenters. The second-order valence-corrected chi connectivity index (χ2v) is 12.0. The third-order valence-corrected chi connectivity index (χ3v) is 7.26. The van der Waals surface area contributed by atoms with E-state index in [-0.39, 0.29) is 11.3 Å². The predicted octanol–water partition coefficient (Wildman–Crippen LogP) is 7.32. The molecule has 0 aliphatic carbocycles. The molecule has 0 radical (unpaired) electrons. The van der Waals surface area contributed by atoms with Gasteiger partial charge in [-0.2, -0.15) is 5.10 Å². The molecule has 5 heterocycles. The Morgan fingerprint density at radius 1 is 1.03 bits per heavy atom. The first kappa shape index (κ1) is 24.3. The zero-order valence-corrected chi connectivity index (χ0v) is 22.5. The number of para-hydroxylation sites is 1. The van der Waals surface area contributed by atoms with Crippen molar-refractivity contribution < 1.29 is 4.79 Å². The van der Waals surface area contributed by atoms with Crippen molar-refractivity contribution in [1.29, 1.82) is 0 Å². The van der Waals surface area contributed by atoms with Crippen LogP contribution in [0.3, 0.4) is 0 Å². The summed E-state index contributed by atoms with van der Waals surface area (Å²) >= 11 is 7.70. The standard InChI is InChI=1S/C28H24ClN7OS/c1-28(2,3)12-23(37)31-16-11-15(13-30-14-16)18-7-8-20-25(32-18)26(36-35-20)27-33-19-6-4-5-17(24(19)34-27)21-9-10-22(29)38-21/h4-11,13-14H,12H2,1-3H3,(H,31,37)(H,33,34)(H,35,36). The lowest BCUT2D eigenvalue weighted by atomic mass is 9.92. The molecular formula is C28H24ClN7OS. The van der Waals surface area contributed by atoms with Crippen LogP contribution >= 0.6 is 22.9 Å². The summed E-state index contributed by atoms with van der Waals surface area (Å²) in [5.74, 6) is 0.568. The maximum Gasteiger partial charge on any atom is 0.224 e. The summed E-state index contributed by atoms with van der Waals surface area (Å²) in [4.78, 5) is 31.0. The number of hydrogen-bond donors (Lipinski definition) is 3. The van der Waals surface area contributed by atoms with Crippen LogP contribution in [0, 0.1) is 5.41 Å². The molecule has 38 heavy (non-hydrogen) atoms. The lowest BCUT2D eigenvalue weighted by molar-refractivity contribution is -0.117. The zero-order valence-electron chi connectivity index (χ0n) is 21.0. The largest absolute Gasteiger partial charge is 0.336 e. The number of hydrogen-bond acceptors (Lipinski definition) is 6. The number of carbonyl (C=O) groups excluding carboxylic acids is 1. The van der Waals surface area contributed by atoms with E-state index in [2.05, 4.69) is 25.5 Å². The lowest BCUT2D eigenvalue weighted by Gasteiger charge is -2.17. The molecule has 0 spiro atoms. The quantitative estimate of drug-likeness (QED) is 0.211. The highest BCUT2D eigenvalue weighted by atomic mass is 35.5. The predicted molar refractivity (Wildman–Crippen MR) is 153 cm³/mol. The van der Waals surface area contributed by atoms with Crippen molar-refractivity contribution >= 4 is 56.6 Å². The summed E-state index contributed by atoms with van der Waals surface area (Å²) in [5, 5.41) is 10.5. The van der Waals surface area contributed by atoms with Crippen molar-refractivity contribution in [2.75, 3.05) is 5.32 Å². The van der Waals surface area contributed by atoms with Crippen molar-refractivity contribution in [2.45, 2.75) is 27.2 Å². The molecule has 0 saturated heterocycles. The molecule has 0 unspecified atom stereocenters. The van der Waals surface area contributed by atoms with Gasteiger partial charge >= 0.3 is 0 Å². The van der Waals surface area contributed by atoms with Gasteiger partial charge in [-0.1, -0.05) is 44.5 Å². The molecule has 0 fully saturated rings. The average molecular weight is 542 g/mol. The summed E-state index contributed by atoms with van der Waals surface area (Å²) in [6, 6.07) is 15.6. The fourth-order valence-corrected chi connectivity index (χ4v) is 5.43. The number of halogens is 1. The Kier molecular flexibility index (Phi) is 5.97. The van der Waals surface area contributed by atoms with Crippen LogP contribution in [0.5, 0.6) is 0 Å². The van der Waals surface area contributed by atoms with Crippen LogP contribution in [0.15, 0.2) is 60.9 Å². The third kappa shape index (κ3) is 4.78. The van der Waals surface area contributed by atoms with Crippen LogP contribution in [0.4, 0.5) is 5.69 Å². The van der Waals surface area contributed by atoms with Gasteiger partial charge in [-0.3, -0.25) is 14.9 Å². The van der Waals surface area contributed by atoms with Crippen molar-refractivity contribution in [3.05, 3.63) is 65.3 Å². The molecule has 6 rings (SSSR count). The Hall–Kier alpha value is -4.08. The van der Waals surface area contributed by atoms with E-state index in [9.17, 15) is 4.79 Å². The normalized spacial score (nSPS) is 11.9. The number of aromatic amines is 2. The maximum absolute atomic E-state index is 12.4. The van der Waals surface area contributed by atoms with Gasteiger partial charge in [0.2, 0.25) is 5.91 Å². The first-order valence-electron chi connectivity index (χ1n) is 12.1. The fraction of sp³-hybridized carbons (Fsp3) is 0.179. The highest BCUT2D eigenvalue weighted by molar-refractivity contribution is 7.19. The van der Waals surface area contributed by atoms with Gasteiger partial charge in [0.05, 0.1) is 38.5 Å². The van der Waals surface area contributed by atoms with E-state index in [1.165, 1.54) is 11.3 Å². The smallest absolute Gasteiger partial charge is 0.224 e. The van der Waals surface area contributed by atoms with Crippen LogP contribution in [0.1, 0.15) is 27.2 Å². The Labute approximate surface area is 227 Å². The minimum atomic E-state index is -0.104. The summed E-state index contributed by atoms with van der Waals surface area (Å²) in [7, 11) is 0. The molecule has 8 nitrogen and oxygen atoms in total. The number of imidazole rings is 1. The molecule has 10 heteroatoms. The minimum Gasteiger partial charge on any atom is -0.336 e. The van der Waals surface area contributed by atoms with Crippen molar-refractivity contribution in [2.24, 2.45) is 5.41 Å². The van der Waals surface area contributed by atoms with Gasteiger partial charge in [0.1, 0.15) is 5.52 Å². The molecule has 0 aliphatic rings. The molecular weight excluding hydrogens is 518 g/mol. The third-order valence-electron chi connectivity index (χ3n) is 5.99. The van der Waals surface area contributed by atoms with E-state index in [0.29, 0.717) is 34.8 Å². The maximum atomic E-state index is 12.4. The van der Waals surface area contributed by atoms with Crippen LogP contribution < -0.4 is 5.32 Å². The van der Waals surface area contributed by atoms with E-state index in [4.69, 9.17) is 21.6 Å². The molecule has 5 aromatic heterocycles.